The van der Waals surface area contributed by atoms with E-state index in [4.69, 9.17) is 4.52 Å². The Morgan fingerprint density at radius 1 is 1.20 bits per heavy atom. The maximum Gasteiger partial charge on any atom is 0.240 e. The van der Waals surface area contributed by atoms with Gasteiger partial charge in [0.15, 0.2) is 5.82 Å². The Hall–Kier alpha value is -1.75. The highest BCUT2D eigenvalue weighted by Gasteiger charge is 2.16. The van der Waals surface area contributed by atoms with Crippen molar-refractivity contribution in [2.24, 2.45) is 0 Å². The lowest BCUT2D eigenvalue weighted by atomic mass is 10.1. The topological polar surface area (TPSA) is 42.2 Å². The number of benzene rings is 1. The van der Waals surface area contributed by atoms with Crippen molar-refractivity contribution in [3.05, 3.63) is 47.4 Å². The zero-order chi connectivity index (χ0) is 14.7. The number of hydrogen-bond donors (Lipinski definition) is 0. The molecule has 0 saturated heterocycles. The first-order valence-corrected chi connectivity index (χ1v) is 6.75. The Balaban J connectivity index is 2.03. The maximum absolute atomic E-state index is 12.9. The van der Waals surface area contributed by atoms with Gasteiger partial charge in [0, 0.05) is 12.0 Å². The van der Waals surface area contributed by atoms with Gasteiger partial charge < -0.3 is 4.52 Å². The van der Waals surface area contributed by atoms with Gasteiger partial charge in [0.05, 0.1) is 6.54 Å². The molecule has 2 rings (SSSR count). The molecular weight excluding hydrogens is 257 g/mol. The van der Waals surface area contributed by atoms with Crippen LogP contribution < -0.4 is 0 Å². The Morgan fingerprint density at radius 2 is 1.85 bits per heavy atom. The van der Waals surface area contributed by atoms with E-state index in [1.165, 1.54) is 12.1 Å². The van der Waals surface area contributed by atoms with Gasteiger partial charge in [-0.15, -0.1) is 0 Å². The fourth-order valence-electron chi connectivity index (χ4n) is 1.91. The lowest BCUT2D eigenvalue weighted by molar-refractivity contribution is 0.216. The van der Waals surface area contributed by atoms with Gasteiger partial charge in [0.25, 0.3) is 0 Å². The van der Waals surface area contributed by atoms with Crippen LogP contribution in [0.25, 0.3) is 0 Å². The molecule has 0 aliphatic rings. The lowest BCUT2D eigenvalue weighted by Crippen LogP contribution is -2.22. The summed E-state index contributed by atoms with van der Waals surface area (Å²) in [5, 5.41) is 3.95. The van der Waals surface area contributed by atoms with Crippen molar-refractivity contribution in [2.75, 3.05) is 7.05 Å². The molecule has 0 amide bonds. The Kier molecular flexibility index (Phi) is 4.49. The van der Waals surface area contributed by atoms with Crippen molar-refractivity contribution in [1.82, 2.24) is 15.0 Å². The van der Waals surface area contributed by atoms with Crippen LogP contribution in [0.1, 0.15) is 50.0 Å². The van der Waals surface area contributed by atoms with Crippen LogP contribution in [0.15, 0.2) is 28.8 Å². The highest BCUT2D eigenvalue weighted by Crippen LogP contribution is 2.21. The average Bonchev–Trinajstić information content (AvgIpc) is 2.87. The van der Waals surface area contributed by atoms with E-state index in [0.29, 0.717) is 12.4 Å². The summed E-state index contributed by atoms with van der Waals surface area (Å²) in [7, 11) is 1.98. The van der Waals surface area contributed by atoms with E-state index in [9.17, 15) is 4.39 Å². The largest absolute Gasteiger partial charge is 0.338 e. The van der Waals surface area contributed by atoms with Crippen molar-refractivity contribution in [3.63, 3.8) is 0 Å². The molecule has 0 spiro atoms. The molecule has 5 heteroatoms. The van der Waals surface area contributed by atoms with E-state index in [-0.39, 0.29) is 17.8 Å². The second-order valence-corrected chi connectivity index (χ2v) is 5.34. The third-order valence-electron chi connectivity index (χ3n) is 3.40. The Labute approximate surface area is 118 Å². The van der Waals surface area contributed by atoms with Gasteiger partial charge in [0.1, 0.15) is 5.82 Å². The normalized spacial score (nSPS) is 13.2. The van der Waals surface area contributed by atoms with Crippen molar-refractivity contribution in [3.8, 4) is 0 Å². The minimum atomic E-state index is -0.220. The van der Waals surface area contributed by atoms with Crippen LogP contribution in [0.4, 0.5) is 4.39 Å². The molecule has 0 unspecified atom stereocenters. The SMILES string of the molecule is CC(C)c1noc(CN(C)[C@@H](C)c2ccc(F)cc2)n1. The summed E-state index contributed by atoms with van der Waals surface area (Å²) in [6.45, 7) is 6.68. The van der Waals surface area contributed by atoms with Crippen LogP contribution in [0.5, 0.6) is 0 Å². The summed E-state index contributed by atoms with van der Waals surface area (Å²) in [5.74, 6) is 1.36. The van der Waals surface area contributed by atoms with Crippen molar-refractivity contribution >= 4 is 0 Å². The predicted octanol–water partition coefficient (Wildman–Crippen LogP) is 3.53. The van der Waals surface area contributed by atoms with Crippen molar-refractivity contribution < 1.29 is 8.91 Å². The number of rotatable bonds is 5. The molecule has 2 aromatic rings. The summed E-state index contributed by atoms with van der Waals surface area (Å²) in [6.07, 6.45) is 0. The second kappa shape index (κ2) is 6.13. The molecule has 0 fully saturated rings. The first-order chi connectivity index (χ1) is 9.47. The molecule has 0 aliphatic carbocycles. The van der Waals surface area contributed by atoms with Crippen LogP contribution in [0.2, 0.25) is 0 Å². The Bertz CT molecular complexity index is 551. The lowest BCUT2D eigenvalue weighted by Gasteiger charge is -2.23. The summed E-state index contributed by atoms with van der Waals surface area (Å²) in [6, 6.07) is 6.69. The van der Waals surface area contributed by atoms with Gasteiger partial charge in [-0.3, -0.25) is 4.90 Å². The summed E-state index contributed by atoms with van der Waals surface area (Å²) in [4.78, 5) is 6.45. The smallest absolute Gasteiger partial charge is 0.240 e. The first kappa shape index (κ1) is 14.7. The van der Waals surface area contributed by atoms with Crippen LogP contribution in [0, 0.1) is 5.82 Å². The molecule has 1 aromatic carbocycles. The van der Waals surface area contributed by atoms with Crippen LogP contribution in [0.3, 0.4) is 0 Å². The van der Waals surface area contributed by atoms with Crippen LogP contribution in [-0.4, -0.2) is 22.1 Å². The van der Waals surface area contributed by atoms with E-state index < -0.39 is 0 Å². The van der Waals surface area contributed by atoms with Crippen molar-refractivity contribution in [2.45, 2.75) is 39.3 Å². The molecule has 0 bridgehead atoms. The monoisotopic (exact) mass is 277 g/mol. The summed E-state index contributed by atoms with van der Waals surface area (Å²) in [5.41, 5.74) is 1.05. The predicted molar refractivity (Wildman–Crippen MR) is 74.7 cm³/mol. The highest BCUT2D eigenvalue weighted by molar-refractivity contribution is 5.19. The minimum absolute atomic E-state index is 0.144. The quantitative estimate of drug-likeness (QED) is 0.838. The van der Waals surface area contributed by atoms with E-state index in [0.717, 1.165) is 11.4 Å². The third-order valence-corrected chi connectivity index (χ3v) is 3.40. The third kappa shape index (κ3) is 3.42. The molecule has 1 aromatic heterocycles. The minimum Gasteiger partial charge on any atom is -0.338 e. The molecule has 0 radical (unpaired) electrons. The second-order valence-electron chi connectivity index (χ2n) is 5.34. The molecule has 20 heavy (non-hydrogen) atoms. The highest BCUT2D eigenvalue weighted by atomic mass is 19.1. The first-order valence-electron chi connectivity index (χ1n) is 6.75. The molecular formula is C15H20FN3O. The fourth-order valence-corrected chi connectivity index (χ4v) is 1.91. The fraction of sp³-hybridized carbons (Fsp3) is 0.467. The van der Waals surface area contributed by atoms with Crippen LogP contribution >= 0.6 is 0 Å². The standard InChI is InChI=1S/C15H20FN3O/c1-10(2)15-17-14(20-18-15)9-19(4)11(3)12-5-7-13(16)8-6-12/h5-8,10-11H,9H2,1-4H3/t11-/m0/s1. The van der Waals surface area contributed by atoms with Gasteiger partial charge in [-0.05, 0) is 31.7 Å². The van der Waals surface area contributed by atoms with Crippen LogP contribution in [-0.2, 0) is 6.54 Å². The van der Waals surface area contributed by atoms with Crippen molar-refractivity contribution in [1.29, 1.82) is 0 Å². The van der Waals surface area contributed by atoms with Gasteiger partial charge >= 0.3 is 0 Å². The van der Waals surface area contributed by atoms with Gasteiger partial charge in [-0.1, -0.05) is 31.1 Å². The Morgan fingerprint density at radius 3 is 2.40 bits per heavy atom. The van der Waals surface area contributed by atoms with E-state index in [2.05, 4.69) is 22.0 Å². The molecule has 0 aliphatic heterocycles. The molecule has 0 saturated carbocycles. The zero-order valence-electron chi connectivity index (χ0n) is 12.3. The van der Waals surface area contributed by atoms with E-state index in [1.807, 2.05) is 20.9 Å². The summed E-state index contributed by atoms with van der Waals surface area (Å²) >= 11 is 0. The van der Waals surface area contributed by atoms with E-state index >= 15 is 0 Å². The van der Waals surface area contributed by atoms with Gasteiger partial charge in [0.2, 0.25) is 5.89 Å². The average molecular weight is 277 g/mol. The number of hydrogen-bond acceptors (Lipinski definition) is 4. The molecule has 4 nitrogen and oxygen atoms in total. The molecule has 0 N–H and O–H groups in total. The number of nitrogens with zero attached hydrogens (tertiary/aromatic N) is 3. The molecule has 1 heterocycles. The number of aromatic nitrogens is 2. The van der Waals surface area contributed by atoms with Gasteiger partial charge in [-0.2, -0.15) is 4.98 Å². The van der Waals surface area contributed by atoms with E-state index in [1.54, 1.807) is 12.1 Å². The summed E-state index contributed by atoms with van der Waals surface area (Å²) < 4.78 is 18.2. The molecule has 108 valence electrons. The van der Waals surface area contributed by atoms with Gasteiger partial charge in [-0.25, -0.2) is 4.39 Å². The maximum atomic E-state index is 12.9. The molecule has 1 atom stereocenters. The number of halogens is 1. The zero-order valence-corrected chi connectivity index (χ0v) is 12.3.